The lowest BCUT2D eigenvalue weighted by molar-refractivity contribution is 0.0458. The summed E-state index contributed by atoms with van der Waals surface area (Å²) in [5.41, 5.74) is 1.27. The maximum Gasteiger partial charge on any atom is 0.338 e. The number of esters is 1. The van der Waals surface area contributed by atoms with Crippen molar-refractivity contribution in [3.63, 3.8) is 0 Å². The summed E-state index contributed by atoms with van der Waals surface area (Å²) in [7, 11) is 0. The fourth-order valence-electron chi connectivity index (χ4n) is 1.26. The number of carbonyl (C=O) groups is 1. The van der Waals surface area contributed by atoms with Crippen molar-refractivity contribution in [1.82, 2.24) is 4.98 Å². The second-order valence-electron chi connectivity index (χ2n) is 4.75. The van der Waals surface area contributed by atoms with Crippen molar-refractivity contribution in [1.29, 1.82) is 0 Å². The van der Waals surface area contributed by atoms with Gasteiger partial charge in [-0.1, -0.05) is 39.3 Å². The van der Waals surface area contributed by atoms with Crippen molar-refractivity contribution in [2.45, 2.75) is 33.6 Å². The fraction of sp³-hybridized carbons (Fsp3) is 0.538. The van der Waals surface area contributed by atoms with Crippen LogP contribution >= 0.6 is 11.6 Å². The molecule has 0 amide bonds. The molecule has 4 heteroatoms. The SMILES string of the molecule is CC(C)COC(=O)c1cc(Cl)nc(C(C)C)c1. The van der Waals surface area contributed by atoms with Gasteiger partial charge in [0.05, 0.1) is 12.2 Å². The Morgan fingerprint density at radius 3 is 2.53 bits per heavy atom. The van der Waals surface area contributed by atoms with Gasteiger partial charge < -0.3 is 4.74 Å². The van der Waals surface area contributed by atoms with Crippen molar-refractivity contribution in [2.75, 3.05) is 6.61 Å². The molecule has 0 unspecified atom stereocenters. The molecule has 0 fully saturated rings. The Balaban J connectivity index is 2.86. The molecule has 0 aliphatic carbocycles. The molecule has 0 radical (unpaired) electrons. The Bertz CT molecular complexity index is 402. The minimum absolute atomic E-state index is 0.227. The summed E-state index contributed by atoms with van der Waals surface area (Å²) in [5, 5.41) is 0.327. The second kappa shape index (κ2) is 6.01. The molecule has 0 bridgehead atoms. The third-order valence-electron chi connectivity index (χ3n) is 2.19. The quantitative estimate of drug-likeness (QED) is 0.609. The zero-order valence-corrected chi connectivity index (χ0v) is 11.4. The van der Waals surface area contributed by atoms with Gasteiger partial charge in [0.2, 0.25) is 0 Å². The number of halogens is 1. The van der Waals surface area contributed by atoms with Crippen LogP contribution in [0, 0.1) is 5.92 Å². The Morgan fingerprint density at radius 1 is 1.35 bits per heavy atom. The lowest BCUT2D eigenvalue weighted by Gasteiger charge is -2.10. The summed E-state index contributed by atoms with van der Waals surface area (Å²) in [6.45, 7) is 8.40. The van der Waals surface area contributed by atoms with Crippen LogP contribution in [0.2, 0.25) is 5.15 Å². The molecule has 0 saturated carbocycles. The van der Waals surface area contributed by atoms with Gasteiger partial charge in [-0.15, -0.1) is 0 Å². The van der Waals surface area contributed by atoms with E-state index in [1.54, 1.807) is 6.07 Å². The van der Waals surface area contributed by atoms with Crippen molar-refractivity contribution in [2.24, 2.45) is 5.92 Å². The molecule has 1 aromatic rings. The Labute approximate surface area is 107 Å². The van der Waals surface area contributed by atoms with Crippen molar-refractivity contribution in [3.05, 3.63) is 28.5 Å². The van der Waals surface area contributed by atoms with Gasteiger partial charge in [-0.3, -0.25) is 0 Å². The van der Waals surface area contributed by atoms with Gasteiger partial charge in [-0.05, 0) is 24.0 Å². The van der Waals surface area contributed by atoms with Crippen molar-refractivity contribution in [3.8, 4) is 0 Å². The van der Waals surface area contributed by atoms with Crippen LogP contribution in [0.15, 0.2) is 12.1 Å². The molecule has 0 aliphatic rings. The van der Waals surface area contributed by atoms with E-state index in [-0.39, 0.29) is 11.9 Å². The minimum atomic E-state index is -0.343. The molecule has 0 spiro atoms. The van der Waals surface area contributed by atoms with Gasteiger partial charge >= 0.3 is 5.97 Å². The molecule has 94 valence electrons. The smallest absolute Gasteiger partial charge is 0.338 e. The van der Waals surface area contributed by atoms with E-state index < -0.39 is 0 Å². The lowest BCUT2D eigenvalue weighted by Crippen LogP contribution is -2.11. The van der Waals surface area contributed by atoms with Gasteiger partial charge in [-0.2, -0.15) is 0 Å². The number of carbonyl (C=O) groups excluding carboxylic acids is 1. The molecule has 0 saturated heterocycles. The zero-order chi connectivity index (χ0) is 13.0. The highest BCUT2D eigenvalue weighted by Crippen LogP contribution is 2.18. The molecule has 3 nitrogen and oxygen atoms in total. The first-order valence-corrected chi connectivity index (χ1v) is 6.12. The highest BCUT2D eigenvalue weighted by Gasteiger charge is 2.12. The molecule has 17 heavy (non-hydrogen) atoms. The Hall–Kier alpha value is -1.09. The monoisotopic (exact) mass is 255 g/mol. The molecule has 1 aromatic heterocycles. The Kier molecular flexibility index (Phi) is 4.94. The molecule has 0 atom stereocenters. The summed E-state index contributed by atoms with van der Waals surface area (Å²) in [5.74, 6) is 0.205. The number of hydrogen-bond donors (Lipinski definition) is 0. The van der Waals surface area contributed by atoms with E-state index in [1.807, 2.05) is 27.7 Å². The predicted octanol–water partition coefficient (Wildman–Crippen LogP) is 3.67. The summed E-state index contributed by atoms with van der Waals surface area (Å²) in [6, 6.07) is 3.27. The molecular weight excluding hydrogens is 238 g/mol. The maximum atomic E-state index is 11.8. The van der Waals surface area contributed by atoms with Crippen molar-refractivity contribution < 1.29 is 9.53 Å². The third-order valence-corrected chi connectivity index (χ3v) is 2.38. The normalized spacial score (nSPS) is 11.0. The van der Waals surface area contributed by atoms with Crippen LogP contribution in [0.1, 0.15) is 49.7 Å². The first-order chi connectivity index (χ1) is 7.90. The van der Waals surface area contributed by atoms with Crippen LogP contribution in [0.3, 0.4) is 0 Å². The highest BCUT2D eigenvalue weighted by molar-refractivity contribution is 6.29. The fourth-order valence-corrected chi connectivity index (χ4v) is 1.47. The van der Waals surface area contributed by atoms with Crippen LogP contribution in [-0.2, 0) is 4.74 Å². The standard InChI is InChI=1S/C13H18ClNO2/c1-8(2)7-17-13(16)10-5-11(9(3)4)15-12(14)6-10/h5-6,8-9H,7H2,1-4H3. The van der Waals surface area contributed by atoms with Crippen molar-refractivity contribution >= 4 is 17.6 Å². The third kappa shape index (κ3) is 4.35. The molecule has 1 heterocycles. The first-order valence-electron chi connectivity index (χ1n) is 5.74. The molecule has 0 N–H and O–H groups in total. The number of pyridine rings is 1. The first kappa shape index (κ1) is 14.0. The van der Waals surface area contributed by atoms with Gasteiger partial charge in [-0.25, -0.2) is 9.78 Å². The van der Waals surface area contributed by atoms with E-state index in [0.717, 1.165) is 5.69 Å². The average Bonchev–Trinajstić information content (AvgIpc) is 2.24. The van der Waals surface area contributed by atoms with E-state index in [1.165, 1.54) is 6.07 Å². The number of nitrogens with zero attached hydrogens (tertiary/aromatic N) is 1. The summed E-state index contributed by atoms with van der Waals surface area (Å²) in [4.78, 5) is 15.9. The van der Waals surface area contributed by atoms with E-state index in [4.69, 9.17) is 16.3 Å². The number of hydrogen-bond acceptors (Lipinski definition) is 3. The predicted molar refractivity (Wildman–Crippen MR) is 68.5 cm³/mol. The highest BCUT2D eigenvalue weighted by atomic mass is 35.5. The van der Waals surface area contributed by atoms with Gasteiger partial charge in [0.1, 0.15) is 5.15 Å². The molecular formula is C13H18ClNO2. The molecule has 0 aliphatic heterocycles. The van der Waals surface area contributed by atoms with Crippen LogP contribution < -0.4 is 0 Å². The summed E-state index contributed by atoms with van der Waals surface area (Å²) < 4.78 is 5.15. The number of aromatic nitrogens is 1. The van der Waals surface area contributed by atoms with Crippen LogP contribution in [0.5, 0.6) is 0 Å². The lowest BCUT2D eigenvalue weighted by atomic mass is 10.1. The van der Waals surface area contributed by atoms with Gasteiger partial charge in [0, 0.05) is 5.69 Å². The van der Waals surface area contributed by atoms with Crippen LogP contribution in [0.4, 0.5) is 0 Å². The average molecular weight is 256 g/mol. The van der Waals surface area contributed by atoms with E-state index in [0.29, 0.717) is 23.2 Å². The van der Waals surface area contributed by atoms with E-state index in [9.17, 15) is 4.79 Å². The Morgan fingerprint density at radius 2 is 2.00 bits per heavy atom. The maximum absolute atomic E-state index is 11.8. The van der Waals surface area contributed by atoms with E-state index >= 15 is 0 Å². The van der Waals surface area contributed by atoms with Crippen LogP contribution in [-0.4, -0.2) is 17.6 Å². The molecule has 1 rings (SSSR count). The molecule has 0 aromatic carbocycles. The van der Waals surface area contributed by atoms with E-state index in [2.05, 4.69) is 4.98 Å². The largest absolute Gasteiger partial charge is 0.462 e. The zero-order valence-electron chi connectivity index (χ0n) is 10.7. The second-order valence-corrected chi connectivity index (χ2v) is 5.14. The topological polar surface area (TPSA) is 39.2 Å². The van der Waals surface area contributed by atoms with Gasteiger partial charge in [0.25, 0.3) is 0 Å². The van der Waals surface area contributed by atoms with Crippen LogP contribution in [0.25, 0.3) is 0 Å². The summed E-state index contributed by atoms with van der Waals surface area (Å²) >= 11 is 5.88. The number of rotatable bonds is 4. The number of ether oxygens (including phenoxy) is 1. The summed E-state index contributed by atoms with van der Waals surface area (Å²) in [6.07, 6.45) is 0. The van der Waals surface area contributed by atoms with Gasteiger partial charge in [0.15, 0.2) is 0 Å². The minimum Gasteiger partial charge on any atom is -0.462 e.